The van der Waals surface area contributed by atoms with Crippen LogP contribution in [0.4, 0.5) is 5.82 Å². The lowest BCUT2D eigenvalue weighted by Gasteiger charge is -2.35. The van der Waals surface area contributed by atoms with Crippen LogP contribution >= 0.6 is 0 Å². The predicted molar refractivity (Wildman–Crippen MR) is 123 cm³/mol. The first-order valence-electron chi connectivity index (χ1n) is 10.3. The van der Waals surface area contributed by atoms with E-state index >= 15 is 0 Å². The summed E-state index contributed by atoms with van der Waals surface area (Å²) in [4.78, 5) is 26.0. The van der Waals surface area contributed by atoms with Gasteiger partial charge in [0.25, 0.3) is 5.91 Å². The zero-order valence-corrected chi connectivity index (χ0v) is 16.6. The van der Waals surface area contributed by atoms with Gasteiger partial charge in [-0.15, -0.1) is 0 Å². The molecule has 6 nitrogen and oxygen atoms in total. The van der Waals surface area contributed by atoms with Crippen LogP contribution in [0.2, 0.25) is 0 Å². The summed E-state index contributed by atoms with van der Waals surface area (Å²) >= 11 is 0. The third-order valence-electron chi connectivity index (χ3n) is 5.36. The molecule has 3 heterocycles. The predicted octanol–water partition coefficient (Wildman–Crippen LogP) is 3.60. The second-order valence-corrected chi connectivity index (χ2v) is 7.37. The molecule has 3 aromatic rings. The highest BCUT2D eigenvalue weighted by Crippen LogP contribution is 2.13. The van der Waals surface area contributed by atoms with E-state index < -0.39 is 0 Å². The number of benzene rings is 1. The molecule has 2 aromatic heterocycles. The van der Waals surface area contributed by atoms with Crippen LogP contribution in [-0.2, 0) is 0 Å². The molecule has 0 aliphatic carbocycles. The van der Waals surface area contributed by atoms with Crippen LogP contribution in [0.25, 0.3) is 10.9 Å². The fraction of sp³-hybridized carbons (Fsp3) is 0.375. The van der Waals surface area contributed by atoms with Crippen molar-refractivity contribution in [2.75, 3.05) is 44.2 Å². The van der Waals surface area contributed by atoms with Gasteiger partial charge < -0.3 is 10.2 Å². The Morgan fingerprint density at radius 2 is 1.73 bits per heavy atom. The minimum Gasteiger partial charge on any atom is -0.354 e. The lowest BCUT2D eigenvalue weighted by molar-refractivity contribution is 0.0948. The van der Waals surface area contributed by atoms with Gasteiger partial charge in [-0.1, -0.05) is 37.8 Å². The monoisotopic (exact) mass is 405 g/mol. The average molecular weight is 406 g/mol. The van der Waals surface area contributed by atoms with E-state index in [2.05, 4.69) is 31.2 Å². The fourth-order valence-electron chi connectivity index (χ4n) is 3.69. The van der Waals surface area contributed by atoms with Crippen molar-refractivity contribution in [2.45, 2.75) is 20.3 Å². The number of aromatic nitrogens is 2. The van der Waals surface area contributed by atoms with Crippen LogP contribution in [0.5, 0.6) is 0 Å². The lowest BCUT2D eigenvalue weighted by Crippen LogP contribution is -2.47. The van der Waals surface area contributed by atoms with Gasteiger partial charge in [0.05, 0.1) is 5.52 Å². The number of unbranched alkanes of at least 4 members (excludes halogenated alkanes) is 1. The van der Waals surface area contributed by atoms with E-state index in [1.54, 1.807) is 6.07 Å². The van der Waals surface area contributed by atoms with Gasteiger partial charge >= 0.3 is 0 Å². The molecule has 0 spiro atoms. The smallest absolute Gasteiger partial charge is 0.269 e. The molecule has 1 N–H and O–H groups in total. The molecule has 0 unspecified atom stereocenters. The van der Waals surface area contributed by atoms with Gasteiger partial charge in [-0.3, -0.25) is 9.69 Å². The maximum absolute atomic E-state index is 12.3. The van der Waals surface area contributed by atoms with Crippen LogP contribution < -0.4 is 10.2 Å². The van der Waals surface area contributed by atoms with Crippen molar-refractivity contribution in [2.24, 2.45) is 0 Å². The molecular formula is C24H31N5O. The Morgan fingerprint density at radius 1 is 0.933 bits per heavy atom. The number of para-hydroxylation sites is 1. The molecule has 0 radical (unpaired) electrons. The number of carbonyl (C=O) groups excluding carboxylic acids is 1. The standard InChI is InChI=1S/C23H27N5O.CH4/c29-23(21-11-10-19-7-1-2-8-20(19)26-21)25-13-5-6-14-27-15-17-28(18-16-27)22-9-3-4-12-24-22;/h1-4,7-12H,5-6,13-18H2,(H,25,29);1H4. The number of rotatable bonds is 7. The van der Waals surface area contributed by atoms with Gasteiger partial charge in [0.15, 0.2) is 0 Å². The third kappa shape index (κ3) is 5.54. The summed E-state index contributed by atoms with van der Waals surface area (Å²) in [5.74, 6) is 0.969. The van der Waals surface area contributed by atoms with E-state index in [9.17, 15) is 4.79 Å². The third-order valence-corrected chi connectivity index (χ3v) is 5.36. The molecular weight excluding hydrogens is 374 g/mol. The number of hydrogen-bond acceptors (Lipinski definition) is 5. The highest BCUT2D eigenvalue weighted by atomic mass is 16.1. The molecule has 1 aromatic carbocycles. The van der Waals surface area contributed by atoms with Crippen LogP contribution in [0, 0.1) is 0 Å². The van der Waals surface area contributed by atoms with Crippen molar-refractivity contribution < 1.29 is 4.79 Å². The van der Waals surface area contributed by atoms with Gasteiger partial charge in [0, 0.05) is 44.3 Å². The molecule has 0 saturated carbocycles. The highest BCUT2D eigenvalue weighted by molar-refractivity contribution is 5.94. The molecule has 4 rings (SSSR count). The molecule has 0 atom stereocenters. The van der Waals surface area contributed by atoms with Crippen molar-refractivity contribution in [1.82, 2.24) is 20.2 Å². The summed E-state index contributed by atoms with van der Waals surface area (Å²) in [7, 11) is 0. The van der Waals surface area contributed by atoms with E-state index in [-0.39, 0.29) is 13.3 Å². The fourth-order valence-corrected chi connectivity index (χ4v) is 3.69. The van der Waals surface area contributed by atoms with Crippen LogP contribution in [0.15, 0.2) is 60.8 Å². The van der Waals surface area contributed by atoms with Crippen molar-refractivity contribution in [1.29, 1.82) is 0 Å². The molecule has 0 bridgehead atoms. The summed E-state index contributed by atoms with van der Waals surface area (Å²) in [6, 6.07) is 17.6. The first-order valence-corrected chi connectivity index (χ1v) is 10.3. The van der Waals surface area contributed by atoms with Gasteiger partial charge in [0.1, 0.15) is 11.5 Å². The number of nitrogens with one attached hydrogen (secondary N) is 1. The zero-order valence-electron chi connectivity index (χ0n) is 16.6. The largest absolute Gasteiger partial charge is 0.354 e. The molecule has 30 heavy (non-hydrogen) atoms. The van der Waals surface area contributed by atoms with Crippen molar-refractivity contribution in [3.8, 4) is 0 Å². The Hall–Kier alpha value is -2.99. The highest BCUT2D eigenvalue weighted by Gasteiger charge is 2.17. The van der Waals surface area contributed by atoms with E-state index in [4.69, 9.17) is 0 Å². The minimum atomic E-state index is -0.0975. The van der Waals surface area contributed by atoms with E-state index in [0.29, 0.717) is 12.2 Å². The van der Waals surface area contributed by atoms with Gasteiger partial charge in [-0.05, 0) is 43.7 Å². The zero-order chi connectivity index (χ0) is 19.9. The maximum Gasteiger partial charge on any atom is 0.269 e. The molecule has 1 fully saturated rings. The van der Waals surface area contributed by atoms with Crippen LogP contribution in [0.1, 0.15) is 30.8 Å². The normalized spacial score (nSPS) is 14.3. The molecule has 158 valence electrons. The molecule has 1 aliphatic heterocycles. The minimum absolute atomic E-state index is 0. The van der Waals surface area contributed by atoms with E-state index in [1.165, 1.54) is 0 Å². The van der Waals surface area contributed by atoms with Crippen LogP contribution in [-0.4, -0.2) is 60.0 Å². The molecule has 1 aliphatic rings. The maximum atomic E-state index is 12.3. The SMILES string of the molecule is C.O=C(NCCCCN1CCN(c2ccccn2)CC1)c1ccc2ccccc2n1. The van der Waals surface area contributed by atoms with E-state index in [0.717, 1.165) is 62.3 Å². The quantitative estimate of drug-likeness (QED) is 0.609. The Labute approximate surface area is 178 Å². The van der Waals surface area contributed by atoms with Crippen LogP contribution in [0.3, 0.4) is 0 Å². The van der Waals surface area contributed by atoms with Crippen molar-refractivity contribution in [3.05, 3.63) is 66.5 Å². The Morgan fingerprint density at radius 3 is 2.53 bits per heavy atom. The van der Waals surface area contributed by atoms with Gasteiger partial charge in [0.2, 0.25) is 0 Å². The number of anilines is 1. The van der Waals surface area contributed by atoms with Gasteiger partial charge in [-0.25, -0.2) is 9.97 Å². The molecule has 1 saturated heterocycles. The number of pyridine rings is 2. The first kappa shape index (κ1) is 21.7. The second-order valence-electron chi connectivity index (χ2n) is 7.37. The number of fused-ring (bicyclic) bond motifs is 1. The number of piperazine rings is 1. The second kappa shape index (κ2) is 10.7. The van der Waals surface area contributed by atoms with Crippen molar-refractivity contribution >= 4 is 22.6 Å². The topological polar surface area (TPSA) is 61.4 Å². The summed E-state index contributed by atoms with van der Waals surface area (Å²) in [5, 5.41) is 4.04. The Kier molecular flexibility index (Phi) is 7.74. The molecule has 1 amide bonds. The molecule has 6 heteroatoms. The number of carbonyl (C=O) groups is 1. The van der Waals surface area contributed by atoms with Gasteiger partial charge in [-0.2, -0.15) is 0 Å². The number of hydrogen-bond donors (Lipinski definition) is 1. The Balaban J connectivity index is 0.00000256. The summed E-state index contributed by atoms with van der Waals surface area (Å²) < 4.78 is 0. The summed E-state index contributed by atoms with van der Waals surface area (Å²) in [6.45, 7) is 5.90. The number of amides is 1. The average Bonchev–Trinajstić information content (AvgIpc) is 2.79. The first-order chi connectivity index (χ1) is 14.3. The van der Waals surface area contributed by atoms with E-state index in [1.807, 2.05) is 48.7 Å². The number of nitrogens with zero attached hydrogens (tertiary/aromatic N) is 4. The lowest BCUT2D eigenvalue weighted by atomic mass is 10.2. The summed E-state index contributed by atoms with van der Waals surface area (Å²) in [6.07, 6.45) is 3.90. The summed E-state index contributed by atoms with van der Waals surface area (Å²) in [5.41, 5.74) is 1.33. The Bertz CT molecular complexity index is 938. The van der Waals surface area contributed by atoms with Crippen molar-refractivity contribution in [3.63, 3.8) is 0 Å².